The van der Waals surface area contributed by atoms with E-state index < -0.39 is 0 Å². The Balaban J connectivity index is 2.65. The molecule has 0 saturated carbocycles. The molecule has 0 unspecified atom stereocenters. The summed E-state index contributed by atoms with van der Waals surface area (Å²) in [5.74, 6) is 0.918. The number of thiol groups is 1. The fourth-order valence-electron chi connectivity index (χ4n) is 0.590. The summed E-state index contributed by atoms with van der Waals surface area (Å²) in [5.41, 5.74) is 0. The third-order valence-electron chi connectivity index (χ3n) is 1.12. The minimum atomic E-state index is 0.821. The normalized spacial score (nSPS) is 10.2. The molecular weight excluding hydrogens is 146 g/mol. The van der Waals surface area contributed by atoms with Gasteiger partial charge in [0.25, 0.3) is 0 Å². The second kappa shape index (κ2) is 9.27. The highest BCUT2D eigenvalue weighted by atomic mass is 32.1. The number of nitrogens with one attached hydrogen (secondary N) is 1. The van der Waals surface area contributed by atoms with E-state index in [9.17, 15) is 0 Å². The molecule has 3 heteroatoms. The fourth-order valence-corrected chi connectivity index (χ4v) is 0.719. The Hall–Kier alpha value is 0.270. The van der Waals surface area contributed by atoms with Gasteiger partial charge in [0.1, 0.15) is 0 Å². The van der Waals surface area contributed by atoms with E-state index >= 15 is 0 Å². The molecule has 0 aliphatic heterocycles. The van der Waals surface area contributed by atoms with E-state index in [0.29, 0.717) is 0 Å². The van der Waals surface area contributed by atoms with Crippen LogP contribution in [0, 0.1) is 0 Å². The van der Waals surface area contributed by atoms with Gasteiger partial charge in [0.15, 0.2) is 0 Å². The number of rotatable bonds is 7. The van der Waals surface area contributed by atoms with Crippen LogP contribution in [0.3, 0.4) is 0 Å². The van der Waals surface area contributed by atoms with Crippen LogP contribution in [0.5, 0.6) is 0 Å². The van der Waals surface area contributed by atoms with Crippen LogP contribution >= 0.6 is 12.6 Å². The van der Waals surface area contributed by atoms with Crippen molar-refractivity contribution in [1.82, 2.24) is 5.32 Å². The van der Waals surface area contributed by atoms with Crippen LogP contribution in [0.1, 0.15) is 13.3 Å². The van der Waals surface area contributed by atoms with Crippen LogP contribution in [0.2, 0.25) is 0 Å². The Kier molecular flexibility index (Phi) is 9.52. The van der Waals surface area contributed by atoms with E-state index in [-0.39, 0.29) is 0 Å². The molecule has 0 atom stereocenters. The molecule has 0 radical (unpaired) electrons. The van der Waals surface area contributed by atoms with Crippen molar-refractivity contribution in [2.45, 2.75) is 13.3 Å². The highest BCUT2D eigenvalue weighted by molar-refractivity contribution is 7.80. The largest absolute Gasteiger partial charge is 0.380 e. The number of hydrogen-bond donors (Lipinski definition) is 2. The minimum absolute atomic E-state index is 0.821. The second-order valence-corrected chi connectivity index (χ2v) is 2.49. The van der Waals surface area contributed by atoms with E-state index in [0.717, 1.165) is 38.5 Å². The summed E-state index contributed by atoms with van der Waals surface area (Å²) < 4.78 is 5.26. The molecule has 0 spiro atoms. The molecule has 62 valence electrons. The first-order valence-electron chi connectivity index (χ1n) is 3.81. The van der Waals surface area contributed by atoms with Gasteiger partial charge in [0.05, 0.1) is 6.61 Å². The van der Waals surface area contributed by atoms with Crippen LogP contribution in [-0.4, -0.2) is 32.1 Å². The van der Waals surface area contributed by atoms with Crippen molar-refractivity contribution in [3.63, 3.8) is 0 Å². The standard InChI is InChI=1S/C7H17NOS/c1-2-8-4-6-9-5-3-7-10/h8,10H,2-7H2,1H3. The molecule has 0 aliphatic rings. The second-order valence-electron chi connectivity index (χ2n) is 2.04. The molecule has 0 heterocycles. The SMILES string of the molecule is CCNCCOCCCS. The van der Waals surface area contributed by atoms with E-state index in [2.05, 4.69) is 24.9 Å². The lowest BCUT2D eigenvalue weighted by molar-refractivity contribution is 0.137. The molecule has 0 aliphatic carbocycles. The monoisotopic (exact) mass is 163 g/mol. The van der Waals surface area contributed by atoms with Crippen molar-refractivity contribution in [2.75, 3.05) is 32.1 Å². The van der Waals surface area contributed by atoms with Gasteiger partial charge < -0.3 is 10.1 Å². The highest BCUT2D eigenvalue weighted by Crippen LogP contribution is 1.84. The van der Waals surface area contributed by atoms with E-state index in [1.54, 1.807) is 0 Å². The smallest absolute Gasteiger partial charge is 0.0590 e. The summed E-state index contributed by atoms with van der Waals surface area (Å²) in [6, 6.07) is 0. The molecule has 0 aromatic carbocycles. The molecule has 0 saturated heterocycles. The zero-order chi connectivity index (χ0) is 7.66. The lowest BCUT2D eigenvalue weighted by atomic mass is 10.5. The van der Waals surface area contributed by atoms with Crippen LogP contribution in [0.25, 0.3) is 0 Å². The predicted octanol–water partition coefficient (Wildman–Crippen LogP) is 0.932. The van der Waals surface area contributed by atoms with Crippen molar-refractivity contribution >= 4 is 12.6 Å². The van der Waals surface area contributed by atoms with Crippen molar-refractivity contribution < 1.29 is 4.74 Å². The van der Waals surface area contributed by atoms with Gasteiger partial charge in [-0.3, -0.25) is 0 Å². The molecule has 0 aromatic rings. The molecule has 2 nitrogen and oxygen atoms in total. The summed E-state index contributed by atoms with van der Waals surface area (Å²) in [6.45, 7) is 5.74. The minimum Gasteiger partial charge on any atom is -0.380 e. The zero-order valence-electron chi connectivity index (χ0n) is 6.60. The number of likely N-dealkylation sites (N-methyl/N-ethyl adjacent to an activating group) is 1. The van der Waals surface area contributed by atoms with Crippen molar-refractivity contribution in [3.05, 3.63) is 0 Å². The maximum atomic E-state index is 5.26. The lowest BCUT2D eigenvalue weighted by Gasteiger charge is -2.02. The Bertz CT molecular complexity index is 53.6. The highest BCUT2D eigenvalue weighted by Gasteiger charge is 1.85. The third kappa shape index (κ3) is 8.27. The topological polar surface area (TPSA) is 21.3 Å². The zero-order valence-corrected chi connectivity index (χ0v) is 7.49. The molecule has 10 heavy (non-hydrogen) atoms. The van der Waals surface area contributed by atoms with Gasteiger partial charge >= 0.3 is 0 Å². The third-order valence-corrected chi connectivity index (χ3v) is 1.44. The first kappa shape index (κ1) is 10.3. The van der Waals surface area contributed by atoms with Crippen LogP contribution in [-0.2, 0) is 4.74 Å². The molecular formula is C7H17NOS. The fraction of sp³-hybridized carbons (Fsp3) is 1.00. The summed E-state index contributed by atoms with van der Waals surface area (Å²) in [7, 11) is 0. The first-order valence-corrected chi connectivity index (χ1v) is 4.44. The molecule has 0 fully saturated rings. The molecule has 0 rings (SSSR count). The maximum absolute atomic E-state index is 5.26. The molecule has 0 aromatic heterocycles. The van der Waals surface area contributed by atoms with Gasteiger partial charge in [-0.25, -0.2) is 0 Å². The quantitative estimate of drug-likeness (QED) is 0.430. The van der Waals surface area contributed by atoms with Gasteiger partial charge in [-0.05, 0) is 18.7 Å². The molecule has 0 amide bonds. The van der Waals surface area contributed by atoms with E-state index in [1.165, 1.54) is 0 Å². The number of hydrogen-bond acceptors (Lipinski definition) is 3. The summed E-state index contributed by atoms with van der Waals surface area (Å²) in [6.07, 6.45) is 1.05. The average molecular weight is 163 g/mol. The Labute approximate surface area is 68.7 Å². The van der Waals surface area contributed by atoms with Gasteiger partial charge in [-0.1, -0.05) is 6.92 Å². The summed E-state index contributed by atoms with van der Waals surface area (Å²) in [4.78, 5) is 0. The van der Waals surface area contributed by atoms with Gasteiger partial charge in [-0.15, -0.1) is 0 Å². The van der Waals surface area contributed by atoms with Gasteiger partial charge in [0.2, 0.25) is 0 Å². The van der Waals surface area contributed by atoms with Crippen LogP contribution in [0.4, 0.5) is 0 Å². The first-order chi connectivity index (χ1) is 4.91. The summed E-state index contributed by atoms with van der Waals surface area (Å²) in [5, 5.41) is 3.18. The predicted molar refractivity (Wildman–Crippen MR) is 47.8 cm³/mol. The molecule has 1 N–H and O–H groups in total. The average Bonchev–Trinajstić information content (AvgIpc) is 1.97. The van der Waals surface area contributed by atoms with Crippen molar-refractivity contribution in [2.24, 2.45) is 0 Å². The number of ether oxygens (including phenoxy) is 1. The van der Waals surface area contributed by atoms with Crippen LogP contribution in [0.15, 0.2) is 0 Å². The lowest BCUT2D eigenvalue weighted by Crippen LogP contribution is -2.19. The maximum Gasteiger partial charge on any atom is 0.0590 e. The Morgan fingerprint density at radius 3 is 2.80 bits per heavy atom. The Morgan fingerprint density at radius 2 is 2.20 bits per heavy atom. The van der Waals surface area contributed by atoms with Crippen LogP contribution < -0.4 is 5.32 Å². The van der Waals surface area contributed by atoms with Crippen molar-refractivity contribution in [1.29, 1.82) is 0 Å². The Morgan fingerprint density at radius 1 is 1.40 bits per heavy atom. The van der Waals surface area contributed by atoms with E-state index in [4.69, 9.17) is 4.74 Å². The van der Waals surface area contributed by atoms with Gasteiger partial charge in [-0.2, -0.15) is 12.6 Å². The van der Waals surface area contributed by atoms with E-state index in [1.807, 2.05) is 0 Å². The van der Waals surface area contributed by atoms with Crippen molar-refractivity contribution in [3.8, 4) is 0 Å². The summed E-state index contributed by atoms with van der Waals surface area (Å²) >= 11 is 4.07. The molecule has 0 bridgehead atoms. The van der Waals surface area contributed by atoms with Gasteiger partial charge in [0, 0.05) is 13.2 Å².